The van der Waals surface area contributed by atoms with Crippen molar-refractivity contribution in [2.75, 3.05) is 13.2 Å². The summed E-state index contributed by atoms with van der Waals surface area (Å²) in [7, 11) is 0. The van der Waals surface area contributed by atoms with Crippen molar-refractivity contribution in [2.24, 2.45) is 0 Å². The lowest BCUT2D eigenvalue weighted by Crippen LogP contribution is -2.45. The quantitative estimate of drug-likeness (QED) is 0.912. The summed E-state index contributed by atoms with van der Waals surface area (Å²) in [5.74, 6) is 0.0423. The first-order chi connectivity index (χ1) is 7.72. The molecule has 0 bridgehead atoms. The van der Waals surface area contributed by atoms with Gasteiger partial charge < -0.3 is 10.0 Å². The van der Waals surface area contributed by atoms with Gasteiger partial charge in [0.2, 0.25) is 0 Å². The van der Waals surface area contributed by atoms with Crippen LogP contribution in [0.4, 0.5) is 0 Å². The van der Waals surface area contributed by atoms with Crippen LogP contribution in [0.15, 0.2) is 15.2 Å². The number of amides is 1. The lowest BCUT2D eigenvalue weighted by molar-refractivity contribution is 0.0503. The van der Waals surface area contributed by atoms with Gasteiger partial charge in [-0.25, -0.2) is 0 Å². The second-order valence-corrected chi connectivity index (χ2v) is 6.26. The third kappa shape index (κ3) is 2.47. The van der Waals surface area contributed by atoms with Crippen molar-refractivity contribution in [3.05, 3.63) is 20.8 Å². The summed E-state index contributed by atoms with van der Waals surface area (Å²) in [5, 5.41) is 11.1. The summed E-state index contributed by atoms with van der Waals surface area (Å²) >= 11 is 4.87. The van der Waals surface area contributed by atoms with Crippen molar-refractivity contribution in [2.45, 2.75) is 25.3 Å². The molecular formula is C11H14BrNO2S. The highest BCUT2D eigenvalue weighted by Crippen LogP contribution is 2.24. The maximum absolute atomic E-state index is 12.2. The summed E-state index contributed by atoms with van der Waals surface area (Å²) in [6.45, 7) is 0.828. The van der Waals surface area contributed by atoms with Crippen LogP contribution in [0.5, 0.6) is 0 Å². The SMILES string of the molecule is O=C(c1csc(Br)c1)N1CCCCC1CO. The van der Waals surface area contributed by atoms with E-state index in [0.717, 1.165) is 35.2 Å². The molecule has 1 aliphatic heterocycles. The number of carbonyl (C=O) groups excluding carboxylic acids is 1. The molecule has 1 amide bonds. The van der Waals surface area contributed by atoms with Gasteiger partial charge in [0, 0.05) is 11.9 Å². The molecule has 0 aromatic carbocycles. The fourth-order valence-corrected chi connectivity index (χ4v) is 3.18. The molecule has 1 aromatic rings. The van der Waals surface area contributed by atoms with E-state index in [4.69, 9.17) is 0 Å². The zero-order valence-electron chi connectivity index (χ0n) is 8.86. The summed E-state index contributed by atoms with van der Waals surface area (Å²) in [4.78, 5) is 14.0. The lowest BCUT2D eigenvalue weighted by Gasteiger charge is -2.34. The number of rotatable bonds is 2. The summed E-state index contributed by atoms with van der Waals surface area (Å²) < 4.78 is 0.966. The van der Waals surface area contributed by atoms with E-state index in [1.165, 1.54) is 11.3 Å². The van der Waals surface area contributed by atoms with Gasteiger partial charge in [0.05, 0.1) is 22.0 Å². The monoisotopic (exact) mass is 303 g/mol. The number of thiophene rings is 1. The first-order valence-corrected chi connectivity index (χ1v) is 7.05. The van der Waals surface area contributed by atoms with Crippen molar-refractivity contribution in [3.63, 3.8) is 0 Å². The third-order valence-electron chi connectivity index (χ3n) is 2.91. The normalized spacial score (nSPS) is 21.1. The van der Waals surface area contributed by atoms with E-state index in [2.05, 4.69) is 15.9 Å². The third-order valence-corrected chi connectivity index (χ3v) is 4.42. The van der Waals surface area contributed by atoms with Crippen molar-refractivity contribution in [1.82, 2.24) is 4.90 Å². The summed E-state index contributed by atoms with van der Waals surface area (Å²) in [6.07, 6.45) is 3.05. The Labute approximate surface area is 107 Å². The van der Waals surface area contributed by atoms with E-state index < -0.39 is 0 Å². The zero-order chi connectivity index (χ0) is 11.5. The van der Waals surface area contributed by atoms with E-state index >= 15 is 0 Å². The van der Waals surface area contributed by atoms with Crippen LogP contribution in [-0.4, -0.2) is 35.1 Å². The number of piperidine rings is 1. The molecule has 88 valence electrons. The van der Waals surface area contributed by atoms with E-state index in [1.807, 2.05) is 11.4 Å². The molecule has 1 atom stereocenters. The average molecular weight is 304 g/mol. The van der Waals surface area contributed by atoms with Crippen LogP contribution in [0.1, 0.15) is 29.6 Å². The van der Waals surface area contributed by atoms with Gasteiger partial charge in [-0.05, 0) is 41.3 Å². The molecule has 0 spiro atoms. The molecule has 3 nitrogen and oxygen atoms in total. The minimum atomic E-state index is -0.0000690. The van der Waals surface area contributed by atoms with Crippen LogP contribution in [0.25, 0.3) is 0 Å². The number of hydrogen-bond donors (Lipinski definition) is 1. The van der Waals surface area contributed by atoms with Gasteiger partial charge in [-0.3, -0.25) is 4.79 Å². The van der Waals surface area contributed by atoms with Gasteiger partial charge in [0.1, 0.15) is 0 Å². The molecule has 0 aliphatic carbocycles. The Morgan fingerprint density at radius 2 is 2.44 bits per heavy atom. The summed E-state index contributed by atoms with van der Waals surface area (Å²) in [6, 6.07) is 1.84. The maximum Gasteiger partial charge on any atom is 0.255 e. The highest BCUT2D eigenvalue weighted by Gasteiger charge is 2.27. The van der Waals surface area contributed by atoms with Crippen LogP contribution in [0, 0.1) is 0 Å². The predicted molar refractivity (Wildman–Crippen MR) is 67.8 cm³/mol. The number of nitrogens with zero attached hydrogens (tertiary/aromatic N) is 1. The molecule has 5 heteroatoms. The first kappa shape index (κ1) is 12.1. The van der Waals surface area contributed by atoms with Crippen molar-refractivity contribution in [3.8, 4) is 0 Å². The fraction of sp³-hybridized carbons (Fsp3) is 0.545. The number of carbonyl (C=O) groups is 1. The minimum absolute atomic E-state index is 0.0000690. The van der Waals surface area contributed by atoms with Crippen LogP contribution < -0.4 is 0 Å². The average Bonchev–Trinajstić information content (AvgIpc) is 2.75. The largest absolute Gasteiger partial charge is 0.394 e. The number of likely N-dealkylation sites (tertiary alicyclic amines) is 1. The number of aliphatic hydroxyl groups is 1. The van der Waals surface area contributed by atoms with Crippen LogP contribution in [0.2, 0.25) is 0 Å². The first-order valence-electron chi connectivity index (χ1n) is 5.38. The molecular weight excluding hydrogens is 290 g/mol. The Kier molecular flexibility index (Phi) is 4.00. The van der Waals surface area contributed by atoms with E-state index in [-0.39, 0.29) is 18.6 Å². The zero-order valence-corrected chi connectivity index (χ0v) is 11.3. The predicted octanol–water partition coefficient (Wildman–Crippen LogP) is 2.50. The smallest absolute Gasteiger partial charge is 0.255 e. The van der Waals surface area contributed by atoms with E-state index in [1.54, 1.807) is 4.90 Å². The Hall–Kier alpha value is -0.390. The van der Waals surface area contributed by atoms with Crippen molar-refractivity contribution in [1.29, 1.82) is 0 Å². The molecule has 1 fully saturated rings. The van der Waals surface area contributed by atoms with Gasteiger partial charge in [0.25, 0.3) is 5.91 Å². The molecule has 1 saturated heterocycles. The molecule has 1 aromatic heterocycles. The van der Waals surface area contributed by atoms with Gasteiger partial charge in [-0.2, -0.15) is 0 Å². The highest BCUT2D eigenvalue weighted by molar-refractivity contribution is 9.11. The molecule has 1 unspecified atom stereocenters. The fourth-order valence-electron chi connectivity index (χ4n) is 2.05. The van der Waals surface area contributed by atoms with Crippen LogP contribution >= 0.6 is 27.3 Å². The van der Waals surface area contributed by atoms with E-state index in [9.17, 15) is 9.90 Å². The number of halogens is 1. The van der Waals surface area contributed by atoms with Gasteiger partial charge >= 0.3 is 0 Å². The molecule has 1 aliphatic rings. The van der Waals surface area contributed by atoms with Gasteiger partial charge in [0.15, 0.2) is 0 Å². The standard InChI is InChI=1S/C11H14BrNO2S/c12-10-5-8(7-16-10)11(15)13-4-2-1-3-9(13)6-14/h5,7,9,14H,1-4,6H2. The van der Waals surface area contributed by atoms with Crippen molar-refractivity contribution >= 4 is 33.2 Å². The van der Waals surface area contributed by atoms with Gasteiger partial charge in [-0.15, -0.1) is 11.3 Å². The lowest BCUT2D eigenvalue weighted by atomic mass is 10.0. The Morgan fingerprint density at radius 1 is 1.62 bits per heavy atom. The van der Waals surface area contributed by atoms with Crippen molar-refractivity contribution < 1.29 is 9.90 Å². The Bertz CT molecular complexity index is 380. The maximum atomic E-state index is 12.2. The highest BCUT2D eigenvalue weighted by atomic mass is 79.9. The molecule has 0 saturated carbocycles. The topological polar surface area (TPSA) is 40.5 Å². The van der Waals surface area contributed by atoms with Crippen LogP contribution in [0.3, 0.4) is 0 Å². The molecule has 16 heavy (non-hydrogen) atoms. The second kappa shape index (κ2) is 5.29. The van der Waals surface area contributed by atoms with Crippen LogP contribution in [-0.2, 0) is 0 Å². The molecule has 0 radical (unpaired) electrons. The Balaban J connectivity index is 2.13. The number of hydrogen-bond acceptors (Lipinski definition) is 3. The van der Waals surface area contributed by atoms with E-state index in [0.29, 0.717) is 0 Å². The minimum Gasteiger partial charge on any atom is -0.394 e. The molecule has 2 heterocycles. The summed E-state index contributed by atoms with van der Waals surface area (Å²) in [5.41, 5.74) is 0.720. The van der Waals surface area contributed by atoms with Gasteiger partial charge in [-0.1, -0.05) is 0 Å². The Morgan fingerprint density at radius 3 is 3.06 bits per heavy atom. The molecule has 1 N–H and O–H groups in total. The number of aliphatic hydroxyl groups excluding tert-OH is 1. The molecule has 2 rings (SSSR count). The second-order valence-electron chi connectivity index (χ2n) is 3.97.